The van der Waals surface area contributed by atoms with Gasteiger partial charge in [0.15, 0.2) is 0 Å². The normalized spacial score (nSPS) is 10.2. The molecule has 0 unspecified atom stereocenters. The van der Waals surface area contributed by atoms with Crippen LogP contribution in [-0.2, 0) is 0 Å². The maximum atomic E-state index is 8.00. The van der Waals surface area contributed by atoms with Gasteiger partial charge < -0.3 is 0 Å². The fourth-order valence-electron chi connectivity index (χ4n) is 0.224. The highest BCUT2D eigenvalue weighted by Gasteiger charge is 1.83. The Labute approximate surface area is 52.9 Å². The molecule has 0 aliphatic heterocycles. The second-order valence-electron chi connectivity index (χ2n) is 0.958. The number of hydrogen-bond donors (Lipinski definition) is 0. The van der Waals surface area contributed by atoms with E-state index in [2.05, 4.69) is 11.6 Å². The van der Waals surface area contributed by atoms with E-state index in [9.17, 15) is 0 Å². The number of nitrogens with zero attached hydrogens (tertiary/aromatic N) is 2. The molecule has 0 aromatic rings. The fraction of sp³-hybridized carbons (Fsp3) is 0.200. The number of thioether (sulfide) groups is 1. The lowest BCUT2D eigenvalue weighted by Gasteiger charge is -1.84. The van der Waals surface area contributed by atoms with Gasteiger partial charge in [-0.2, -0.15) is 10.3 Å². The first-order chi connectivity index (χ1) is 3.85. The van der Waals surface area contributed by atoms with Crippen molar-refractivity contribution >= 4 is 16.8 Å². The van der Waals surface area contributed by atoms with Crippen molar-refractivity contribution in [2.24, 2.45) is 4.99 Å². The summed E-state index contributed by atoms with van der Waals surface area (Å²) in [6.45, 7) is 3.45. The molecule has 0 fully saturated rings. The van der Waals surface area contributed by atoms with Crippen LogP contribution in [0.25, 0.3) is 0 Å². The van der Waals surface area contributed by atoms with Crippen molar-refractivity contribution in [1.82, 2.24) is 0 Å². The monoisotopic (exact) mass is 126 g/mol. The van der Waals surface area contributed by atoms with Crippen LogP contribution < -0.4 is 0 Å². The SMILES string of the molecule is C=CC(=NC#N)SC. The van der Waals surface area contributed by atoms with E-state index in [-0.39, 0.29) is 0 Å². The predicted molar refractivity (Wildman–Crippen MR) is 36.8 cm³/mol. The summed E-state index contributed by atoms with van der Waals surface area (Å²) >= 11 is 1.40. The summed E-state index contributed by atoms with van der Waals surface area (Å²) in [6, 6.07) is 0. The average Bonchev–Trinajstić information content (AvgIpc) is 1.83. The average molecular weight is 126 g/mol. The van der Waals surface area contributed by atoms with Gasteiger partial charge in [-0.25, -0.2) is 0 Å². The van der Waals surface area contributed by atoms with Crippen molar-refractivity contribution < 1.29 is 0 Å². The zero-order valence-corrected chi connectivity index (χ0v) is 5.40. The molecule has 0 aliphatic carbocycles. The van der Waals surface area contributed by atoms with E-state index in [0.29, 0.717) is 5.04 Å². The molecule has 0 atom stereocenters. The van der Waals surface area contributed by atoms with E-state index in [1.165, 1.54) is 11.8 Å². The van der Waals surface area contributed by atoms with Crippen LogP contribution >= 0.6 is 11.8 Å². The maximum Gasteiger partial charge on any atom is 0.206 e. The molecule has 0 saturated carbocycles. The zero-order valence-electron chi connectivity index (χ0n) is 4.59. The zero-order chi connectivity index (χ0) is 6.41. The van der Waals surface area contributed by atoms with Gasteiger partial charge in [0.1, 0.15) is 5.04 Å². The van der Waals surface area contributed by atoms with Gasteiger partial charge in [-0.15, -0.1) is 11.8 Å². The summed E-state index contributed by atoms with van der Waals surface area (Å²) in [5.74, 6) is 0. The van der Waals surface area contributed by atoms with Crippen LogP contribution in [0, 0.1) is 11.5 Å². The Bertz CT molecular complexity index is 143. The number of aliphatic imine (C=N–C) groups is 1. The summed E-state index contributed by atoms with van der Waals surface area (Å²) in [6.07, 6.45) is 5.06. The first kappa shape index (κ1) is 7.25. The minimum Gasteiger partial charge on any atom is -0.170 e. The molecule has 0 bridgehead atoms. The Balaban J connectivity index is 3.91. The molecule has 0 aliphatic rings. The molecule has 3 heteroatoms. The van der Waals surface area contributed by atoms with Gasteiger partial charge in [0.2, 0.25) is 6.19 Å². The second-order valence-corrected chi connectivity index (χ2v) is 1.78. The Morgan fingerprint density at radius 2 is 2.62 bits per heavy atom. The molecule has 0 N–H and O–H groups in total. The molecule has 8 heavy (non-hydrogen) atoms. The van der Waals surface area contributed by atoms with E-state index in [0.717, 1.165) is 0 Å². The Morgan fingerprint density at radius 3 is 2.75 bits per heavy atom. The molecular formula is C5H6N2S. The number of nitriles is 1. The van der Waals surface area contributed by atoms with Gasteiger partial charge >= 0.3 is 0 Å². The number of hydrogen-bond acceptors (Lipinski definition) is 3. The molecular weight excluding hydrogens is 120 g/mol. The summed E-state index contributed by atoms with van der Waals surface area (Å²) in [4.78, 5) is 3.43. The van der Waals surface area contributed by atoms with Gasteiger partial charge in [-0.1, -0.05) is 6.58 Å². The first-order valence-electron chi connectivity index (χ1n) is 1.98. The molecule has 0 aromatic heterocycles. The minimum atomic E-state index is 0.660. The van der Waals surface area contributed by atoms with Crippen molar-refractivity contribution in [3.63, 3.8) is 0 Å². The predicted octanol–water partition coefficient (Wildman–Crippen LogP) is 1.41. The maximum absolute atomic E-state index is 8.00. The van der Waals surface area contributed by atoms with Crippen LogP contribution in [-0.4, -0.2) is 11.3 Å². The van der Waals surface area contributed by atoms with Crippen molar-refractivity contribution in [3.05, 3.63) is 12.7 Å². The fourth-order valence-corrected chi connectivity index (χ4v) is 0.523. The van der Waals surface area contributed by atoms with Crippen molar-refractivity contribution in [1.29, 1.82) is 5.26 Å². The molecule has 2 nitrogen and oxygen atoms in total. The molecule has 42 valence electrons. The highest BCUT2D eigenvalue weighted by molar-refractivity contribution is 8.13. The van der Waals surface area contributed by atoms with Crippen molar-refractivity contribution in [3.8, 4) is 6.19 Å². The van der Waals surface area contributed by atoms with E-state index < -0.39 is 0 Å². The topological polar surface area (TPSA) is 36.1 Å². The number of rotatable bonds is 1. The highest BCUT2D eigenvalue weighted by atomic mass is 32.2. The first-order valence-corrected chi connectivity index (χ1v) is 3.20. The molecule has 0 rings (SSSR count). The van der Waals surface area contributed by atoms with Gasteiger partial charge in [0.05, 0.1) is 0 Å². The summed E-state index contributed by atoms with van der Waals surface area (Å²) in [7, 11) is 0. The van der Waals surface area contributed by atoms with E-state index >= 15 is 0 Å². The van der Waals surface area contributed by atoms with Crippen LogP contribution in [0.4, 0.5) is 0 Å². The largest absolute Gasteiger partial charge is 0.206 e. The molecule has 0 saturated heterocycles. The summed E-state index contributed by atoms with van der Waals surface area (Å²) in [5, 5.41) is 8.66. The standard InChI is InChI=1S/C5H6N2S/c1-3-5(8-2)7-4-6/h3H,1H2,2H3. The van der Waals surface area contributed by atoms with Crippen LogP contribution in [0.2, 0.25) is 0 Å². The van der Waals surface area contributed by atoms with Crippen LogP contribution in [0.5, 0.6) is 0 Å². The van der Waals surface area contributed by atoms with Crippen LogP contribution in [0.15, 0.2) is 17.6 Å². The van der Waals surface area contributed by atoms with Crippen molar-refractivity contribution in [2.75, 3.05) is 6.26 Å². The third-order valence-corrected chi connectivity index (χ3v) is 1.22. The summed E-state index contributed by atoms with van der Waals surface area (Å²) in [5.41, 5.74) is 0. The van der Waals surface area contributed by atoms with Gasteiger partial charge in [-0.3, -0.25) is 0 Å². The Hall–Kier alpha value is -0.750. The van der Waals surface area contributed by atoms with Gasteiger partial charge in [-0.05, 0) is 12.3 Å². The second kappa shape index (κ2) is 4.41. The minimum absolute atomic E-state index is 0.660. The Morgan fingerprint density at radius 1 is 2.00 bits per heavy atom. The summed E-state index contributed by atoms with van der Waals surface area (Å²) < 4.78 is 0. The molecule has 0 heterocycles. The quantitative estimate of drug-likeness (QED) is 0.302. The lowest BCUT2D eigenvalue weighted by Crippen LogP contribution is -1.79. The smallest absolute Gasteiger partial charge is 0.170 e. The van der Waals surface area contributed by atoms with Crippen LogP contribution in [0.1, 0.15) is 0 Å². The molecule has 0 aromatic carbocycles. The lowest BCUT2D eigenvalue weighted by molar-refractivity contribution is 1.45. The van der Waals surface area contributed by atoms with Crippen LogP contribution in [0.3, 0.4) is 0 Å². The van der Waals surface area contributed by atoms with E-state index in [1.54, 1.807) is 12.3 Å². The van der Waals surface area contributed by atoms with Gasteiger partial charge in [0.25, 0.3) is 0 Å². The Kier molecular flexibility index (Phi) is 4.00. The third kappa shape index (κ3) is 2.43. The van der Waals surface area contributed by atoms with E-state index in [1.807, 2.05) is 6.26 Å². The molecule has 0 radical (unpaired) electrons. The van der Waals surface area contributed by atoms with Gasteiger partial charge in [0, 0.05) is 0 Å². The third-order valence-electron chi connectivity index (χ3n) is 0.544. The lowest BCUT2D eigenvalue weighted by atomic mass is 10.7. The van der Waals surface area contributed by atoms with E-state index in [4.69, 9.17) is 5.26 Å². The highest BCUT2D eigenvalue weighted by Crippen LogP contribution is 1.96. The molecule has 0 spiro atoms. The molecule has 0 amide bonds. The van der Waals surface area contributed by atoms with Crippen molar-refractivity contribution in [2.45, 2.75) is 0 Å².